The zero-order valence-electron chi connectivity index (χ0n) is 20.3. The van der Waals surface area contributed by atoms with Gasteiger partial charge in [-0.25, -0.2) is 0 Å². The number of hydrogen-bond donors (Lipinski definition) is 0. The van der Waals surface area contributed by atoms with E-state index in [9.17, 15) is 0 Å². The van der Waals surface area contributed by atoms with Crippen molar-refractivity contribution in [2.75, 3.05) is 0 Å². The molecule has 0 aromatic heterocycles. The SMILES string of the molecule is [CH2]CCCCC(CCCCCCCCCC)CCCCCCCCCCCC. The first-order valence-corrected chi connectivity index (χ1v) is 13.6. The van der Waals surface area contributed by atoms with Crippen LogP contribution in [0.25, 0.3) is 0 Å². The zero-order valence-corrected chi connectivity index (χ0v) is 20.3. The van der Waals surface area contributed by atoms with Gasteiger partial charge in [-0.15, -0.1) is 0 Å². The third-order valence-electron chi connectivity index (χ3n) is 6.54. The quantitative estimate of drug-likeness (QED) is 0.143. The molecule has 0 amide bonds. The Morgan fingerprint density at radius 3 is 1.00 bits per heavy atom. The lowest BCUT2D eigenvalue weighted by molar-refractivity contribution is 0.368. The van der Waals surface area contributed by atoms with Gasteiger partial charge in [0.15, 0.2) is 0 Å². The van der Waals surface area contributed by atoms with Crippen LogP contribution < -0.4 is 0 Å². The second-order valence-corrected chi connectivity index (χ2v) is 9.45. The second kappa shape index (κ2) is 25.0. The van der Waals surface area contributed by atoms with E-state index in [0.29, 0.717) is 0 Å². The van der Waals surface area contributed by atoms with Crippen molar-refractivity contribution in [1.29, 1.82) is 0 Å². The summed E-state index contributed by atoms with van der Waals surface area (Å²) in [6, 6.07) is 0. The smallest absolute Gasteiger partial charge is 0.0414 e. The second-order valence-electron chi connectivity index (χ2n) is 9.45. The minimum Gasteiger partial charge on any atom is -0.0654 e. The summed E-state index contributed by atoms with van der Waals surface area (Å²) in [6.07, 6.45) is 34.7. The van der Waals surface area contributed by atoms with Crippen molar-refractivity contribution >= 4 is 0 Å². The van der Waals surface area contributed by atoms with Gasteiger partial charge in [0.25, 0.3) is 0 Å². The summed E-state index contributed by atoms with van der Waals surface area (Å²) >= 11 is 0. The Kier molecular flexibility index (Phi) is 25.0. The molecule has 0 fully saturated rings. The Bertz CT molecular complexity index is 257. The van der Waals surface area contributed by atoms with Crippen LogP contribution in [0.3, 0.4) is 0 Å². The van der Waals surface area contributed by atoms with Crippen LogP contribution in [-0.4, -0.2) is 0 Å². The van der Waals surface area contributed by atoms with Crippen molar-refractivity contribution in [2.24, 2.45) is 5.92 Å². The highest BCUT2D eigenvalue weighted by atomic mass is 14.1. The van der Waals surface area contributed by atoms with Gasteiger partial charge in [-0.3, -0.25) is 0 Å². The van der Waals surface area contributed by atoms with Gasteiger partial charge in [0, 0.05) is 0 Å². The average Bonchev–Trinajstić information content (AvgIpc) is 2.71. The molecule has 0 aliphatic carbocycles. The molecule has 0 saturated heterocycles. The van der Waals surface area contributed by atoms with Gasteiger partial charge >= 0.3 is 0 Å². The molecule has 0 saturated carbocycles. The summed E-state index contributed by atoms with van der Waals surface area (Å²) in [5.74, 6) is 1.01. The van der Waals surface area contributed by atoms with Gasteiger partial charge in [0.05, 0.1) is 0 Å². The van der Waals surface area contributed by atoms with Crippen LogP contribution in [0.1, 0.15) is 168 Å². The van der Waals surface area contributed by atoms with Crippen LogP contribution in [0, 0.1) is 12.8 Å². The first-order valence-electron chi connectivity index (χ1n) is 13.6. The molecule has 1 radical (unpaired) electrons. The topological polar surface area (TPSA) is 0 Å². The predicted molar refractivity (Wildman–Crippen MR) is 131 cm³/mol. The van der Waals surface area contributed by atoms with E-state index in [1.807, 2.05) is 0 Å². The summed E-state index contributed by atoms with van der Waals surface area (Å²) in [5, 5.41) is 0. The Morgan fingerprint density at radius 2 is 0.679 bits per heavy atom. The van der Waals surface area contributed by atoms with E-state index in [1.165, 1.54) is 148 Å². The summed E-state index contributed by atoms with van der Waals surface area (Å²) in [4.78, 5) is 0. The van der Waals surface area contributed by atoms with Gasteiger partial charge in [-0.2, -0.15) is 0 Å². The number of hydrogen-bond acceptors (Lipinski definition) is 0. The van der Waals surface area contributed by atoms with Crippen LogP contribution in [-0.2, 0) is 0 Å². The molecule has 0 heterocycles. The lowest BCUT2D eigenvalue weighted by atomic mass is 9.89. The maximum absolute atomic E-state index is 4.03. The third kappa shape index (κ3) is 22.3. The molecular formula is C28H57. The van der Waals surface area contributed by atoms with Crippen molar-refractivity contribution < 1.29 is 0 Å². The van der Waals surface area contributed by atoms with Crippen molar-refractivity contribution in [2.45, 2.75) is 168 Å². The van der Waals surface area contributed by atoms with Gasteiger partial charge in [-0.1, -0.05) is 175 Å². The fraction of sp³-hybridized carbons (Fsp3) is 0.964. The van der Waals surface area contributed by atoms with E-state index in [1.54, 1.807) is 0 Å². The van der Waals surface area contributed by atoms with Crippen LogP contribution in [0.15, 0.2) is 0 Å². The fourth-order valence-corrected chi connectivity index (χ4v) is 4.53. The molecule has 1 unspecified atom stereocenters. The molecule has 1 atom stereocenters. The van der Waals surface area contributed by atoms with Gasteiger partial charge in [0.1, 0.15) is 0 Å². The van der Waals surface area contributed by atoms with Crippen LogP contribution in [0.4, 0.5) is 0 Å². The standard InChI is InChI=1S/C28H57/c1-4-7-10-12-14-16-17-19-21-24-27-28(25-22-9-6-3)26-23-20-18-15-13-11-8-5-2/h28H,3-27H2,1-2H3. The number of rotatable bonds is 24. The summed E-state index contributed by atoms with van der Waals surface area (Å²) < 4.78 is 0. The van der Waals surface area contributed by atoms with Crippen molar-refractivity contribution in [3.8, 4) is 0 Å². The molecule has 0 heteroatoms. The molecule has 0 spiro atoms. The maximum Gasteiger partial charge on any atom is -0.0414 e. The Balaban J connectivity index is 3.61. The van der Waals surface area contributed by atoms with Crippen LogP contribution >= 0.6 is 0 Å². The first-order chi connectivity index (χ1) is 13.8. The van der Waals surface area contributed by atoms with Gasteiger partial charge in [0.2, 0.25) is 0 Å². The van der Waals surface area contributed by atoms with E-state index in [2.05, 4.69) is 20.8 Å². The van der Waals surface area contributed by atoms with Crippen molar-refractivity contribution in [3.05, 3.63) is 6.92 Å². The summed E-state index contributed by atoms with van der Waals surface area (Å²) in [7, 11) is 0. The summed E-state index contributed by atoms with van der Waals surface area (Å²) in [5.41, 5.74) is 0. The van der Waals surface area contributed by atoms with E-state index < -0.39 is 0 Å². The fourth-order valence-electron chi connectivity index (χ4n) is 4.53. The summed E-state index contributed by atoms with van der Waals surface area (Å²) in [6.45, 7) is 8.64. The average molecular weight is 394 g/mol. The Morgan fingerprint density at radius 1 is 0.393 bits per heavy atom. The minimum absolute atomic E-state index is 1.01. The lowest BCUT2D eigenvalue weighted by Crippen LogP contribution is -2.01. The molecule has 169 valence electrons. The zero-order chi connectivity index (χ0) is 20.5. The van der Waals surface area contributed by atoms with Crippen molar-refractivity contribution in [1.82, 2.24) is 0 Å². The van der Waals surface area contributed by atoms with Gasteiger partial charge in [-0.05, 0) is 5.92 Å². The molecule has 28 heavy (non-hydrogen) atoms. The van der Waals surface area contributed by atoms with E-state index in [-0.39, 0.29) is 0 Å². The van der Waals surface area contributed by atoms with Crippen molar-refractivity contribution in [3.63, 3.8) is 0 Å². The third-order valence-corrected chi connectivity index (χ3v) is 6.54. The molecular weight excluding hydrogens is 336 g/mol. The minimum atomic E-state index is 1.01. The molecule has 0 nitrogen and oxygen atoms in total. The van der Waals surface area contributed by atoms with Crippen LogP contribution in [0.5, 0.6) is 0 Å². The predicted octanol–water partition coefficient (Wildman–Crippen LogP) is 10.8. The number of unbranched alkanes of at least 4 members (excludes halogenated alkanes) is 18. The molecule has 0 aliphatic heterocycles. The highest BCUT2D eigenvalue weighted by molar-refractivity contribution is 4.62. The molecule has 0 N–H and O–H groups in total. The molecule has 0 bridgehead atoms. The maximum atomic E-state index is 4.03. The molecule has 0 aliphatic rings. The highest BCUT2D eigenvalue weighted by Crippen LogP contribution is 2.24. The van der Waals surface area contributed by atoms with Gasteiger partial charge < -0.3 is 0 Å². The van der Waals surface area contributed by atoms with Crippen LogP contribution in [0.2, 0.25) is 0 Å². The molecule has 0 rings (SSSR count). The van der Waals surface area contributed by atoms with E-state index in [0.717, 1.165) is 12.3 Å². The van der Waals surface area contributed by atoms with E-state index in [4.69, 9.17) is 0 Å². The lowest BCUT2D eigenvalue weighted by Gasteiger charge is -2.17. The molecule has 0 aromatic rings. The highest BCUT2D eigenvalue weighted by Gasteiger charge is 2.08. The normalized spacial score (nSPS) is 12.5. The van der Waals surface area contributed by atoms with E-state index >= 15 is 0 Å². The Hall–Kier alpha value is 0. The largest absolute Gasteiger partial charge is 0.0654 e. The molecule has 0 aromatic carbocycles. The monoisotopic (exact) mass is 393 g/mol. The Labute approximate surface area is 181 Å². The first kappa shape index (κ1) is 28.0.